The molecule has 1 heterocycles. The summed E-state index contributed by atoms with van der Waals surface area (Å²) in [5, 5.41) is 0. The van der Waals surface area contributed by atoms with Crippen molar-refractivity contribution in [2.75, 3.05) is 5.75 Å². The largest absolute Gasteiger partial charge is 0.399 e. The van der Waals surface area contributed by atoms with E-state index in [0.717, 1.165) is 29.4 Å². The fourth-order valence-corrected chi connectivity index (χ4v) is 4.84. The highest BCUT2D eigenvalue weighted by atomic mass is 79.9. The zero-order valence-corrected chi connectivity index (χ0v) is 18.4. The lowest BCUT2D eigenvalue weighted by molar-refractivity contribution is 0.0557. The third kappa shape index (κ3) is 5.45. The number of aliphatic imine (C=N–C) groups is 1. The molecule has 0 saturated heterocycles. The van der Waals surface area contributed by atoms with Crippen LogP contribution in [0.1, 0.15) is 29.3 Å². The van der Waals surface area contributed by atoms with Gasteiger partial charge < -0.3 is 9.79 Å². The minimum atomic E-state index is -5.59. The maximum Gasteiger partial charge on any atom is 0.399 e. The van der Waals surface area contributed by atoms with Gasteiger partial charge in [0.15, 0.2) is 0 Å². The second-order valence-electron chi connectivity index (χ2n) is 6.37. The molecular weight excluding hydrogens is 487 g/mol. The molecule has 11 heteroatoms. The fourth-order valence-electron chi connectivity index (χ4n) is 2.74. The molecule has 1 atom stereocenters. The fraction of sp³-hybridized carbons (Fsp3) is 0.278. The maximum atomic E-state index is 13.9. The smallest absolute Gasteiger partial charge is 0.320 e. The molecule has 0 bridgehead atoms. The third-order valence-electron chi connectivity index (χ3n) is 4.25. The first-order valence-electron chi connectivity index (χ1n) is 8.67. The molecule has 6 nitrogen and oxygen atoms in total. The number of aryl methyl sites for hydroxylation is 1. The average molecular weight is 506 g/mol. The first-order chi connectivity index (χ1) is 13.7. The molecule has 0 amide bonds. The van der Waals surface area contributed by atoms with Crippen LogP contribution in [0, 0.1) is 0 Å². The van der Waals surface area contributed by atoms with Crippen LogP contribution < -0.4 is 5.43 Å². The van der Waals surface area contributed by atoms with Gasteiger partial charge in [-0.25, -0.2) is 9.41 Å². The Morgan fingerprint density at radius 3 is 2.62 bits per heavy atom. The molecule has 0 fully saturated rings. The quantitative estimate of drug-likeness (QED) is 0.271. The molecule has 2 aromatic carbocycles. The highest BCUT2D eigenvalue weighted by Gasteiger charge is 2.51. The Labute approximate surface area is 179 Å². The summed E-state index contributed by atoms with van der Waals surface area (Å²) in [6.07, 6.45) is 3.05. The molecule has 0 saturated carbocycles. The van der Waals surface area contributed by atoms with Gasteiger partial charge in [-0.05, 0) is 42.0 Å². The molecular formula is C18H19BrF2N3O3PS. The van der Waals surface area contributed by atoms with Crippen LogP contribution in [0.25, 0.3) is 0 Å². The predicted molar refractivity (Wildman–Crippen MR) is 114 cm³/mol. The zero-order chi connectivity index (χ0) is 21.1. The second-order valence-corrected chi connectivity index (χ2v) is 9.93. The summed E-state index contributed by atoms with van der Waals surface area (Å²) in [5.41, 5.74) is 0.194. The number of nitrogens with zero attached hydrogens (tertiary/aromatic N) is 2. The van der Waals surface area contributed by atoms with Crippen molar-refractivity contribution in [3.8, 4) is 0 Å². The normalized spacial score (nSPS) is 17.1. The van der Waals surface area contributed by atoms with Crippen molar-refractivity contribution in [2.24, 2.45) is 4.99 Å². The highest BCUT2D eigenvalue weighted by Crippen LogP contribution is 2.60. The summed E-state index contributed by atoms with van der Waals surface area (Å²) in [6, 6.07) is 13.9. The topological polar surface area (TPSA) is 85.2 Å². The molecule has 0 aliphatic carbocycles. The van der Waals surface area contributed by atoms with Crippen LogP contribution in [0.15, 0.2) is 58.0 Å². The van der Waals surface area contributed by atoms with E-state index in [2.05, 4.69) is 26.3 Å². The van der Waals surface area contributed by atoms with Crippen LogP contribution in [0.3, 0.4) is 0 Å². The van der Waals surface area contributed by atoms with Crippen molar-refractivity contribution in [3.63, 3.8) is 0 Å². The summed E-state index contributed by atoms with van der Waals surface area (Å²) >= 11 is 4.56. The van der Waals surface area contributed by atoms with Gasteiger partial charge in [-0.3, -0.25) is 4.57 Å². The molecule has 0 spiro atoms. The summed E-state index contributed by atoms with van der Waals surface area (Å²) in [7, 11) is -5.59. The molecule has 29 heavy (non-hydrogen) atoms. The van der Waals surface area contributed by atoms with E-state index < -0.39 is 18.8 Å². The van der Waals surface area contributed by atoms with Gasteiger partial charge in [0.2, 0.25) is 0 Å². The summed E-state index contributed by atoms with van der Waals surface area (Å²) in [5.74, 6) is 0.776. The van der Waals surface area contributed by atoms with Crippen LogP contribution in [0.5, 0.6) is 0 Å². The minimum absolute atomic E-state index is 0.0185. The van der Waals surface area contributed by atoms with E-state index in [0.29, 0.717) is 6.42 Å². The van der Waals surface area contributed by atoms with Crippen molar-refractivity contribution >= 4 is 41.8 Å². The van der Waals surface area contributed by atoms with Gasteiger partial charge in [0.05, 0.1) is 0 Å². The maximum absolute atomic E-state index is 13.9. The number of benzene rings is 2. The number of alkyl halides is 2. The highest BCUT2D eigenvalue weighted by molar-refractivity contribution is 9.10. The Hall–Kier alpha value is -1.29. The monoisotopic (exact) mass is 505 g/mol. The molecule has 1 aliphatic rings. The van der Waals surface area contributed by atoms with Crippen molar-refractivity contribution in [1.29, 1.82) is 0 Å². The minimum Gasteiger partial charge on any atom is -0.320 e. The lowest BCUT2D eigenvalue weighted by atomic mass is 10.1. The van der Waals surface area contributed by atoms with Gasteiger partial charge in [0.1, 0.15) is 12.5 Å². The Balaban J connectivity index is 1.48. The van der Waals surface area contributed by atoms with Crippen LogP contribution in [-0.2, 0) is 16.6 Å². The van der Waals surface area contributed by atoms with Gasteiger partial charge >= 0.3 is 13.3 Å². The number of hydrogen-bond donors (Lipinski definition) is 3. The number of hydrazine groups is 1. The van der Waals surface area contributed by atoms with Crippen molar-refractivity contribution in [2.45, 2.75) is 24.7 Å². The van der Waals surface area contributed by atoms with E-state index >= 15 is 0 Å². The Morgan fingerprint density at radius 2 is 1.97 bits per heavy atom. The Morgan fingerprint density at radius 1 is 1.24 bits per heavy atom. The molecule has 3 rings (SSSR count). The van der Waals surface area contributed by atoms with Crippen molar-refractivity contribution in [3.05, 3.63) is 69.7 Å². The molecule has 1 aliphatic heterocycles. The first kappa shape index (κ1) is 22.4. The van der Waals surface area contributed by atoms with E-state index in [4.69, 9.17) is 9.79 Å². The van der Waals surface area contributed by atoms with Gasteiger partial charge in [-0.2, -0.15) is 14.2 Å². The van der Waals surface area contributed by atoms with Gasteiger partial charge in [-0.15, -0.1) is 0 Å². The van der Waals surface area contributed by atoms with Crippen molar-refractivity contribution in [1.82, 2.24) is 9.84 Å². The molecule has 1 unspecified atom stereocenters. The van der Waals surface area contributed by atoms with Crippen LogP contribution in [-0.4, -0.2) is 26.3 Å². The van der Waals surface area contributed by atoms with E-state index in [9.17, 15) is 13.3 Å². The number of rotatable bonds is 8. The van der Waals surface area contributed by atoms with E-state index in [1.165, 1.54) is 12.1 Å². The first-order valence-corrected chi connectivity index (χ1v) is 12.0. The Kier molecular flexibility index (Phi) is 7.14. The molecule has 3 N–H and O–H groups in total. The lowest BCUT2D eigenvalue weighted by Crippen LogP contribution is -2.27. The zero-order valence-electron chi connectivity index (χ0n) is 15.1. The second kappa shape index (κ2) is 9.24. The van der Waals surface area contributed by atoms with Gasteiger partial charge in [0.25, 0.3) is 0 Å². The Bertz CT molecular complexity index is 930. The molecule has 0 radical (unpaired) electrons. The third-order valence-corrected chi connectivity index (χ3v) is 6.83. The van der Waals surface area contributed by atoms with Gasteiger partial charge in [0, 0.05) is 15.8 Å². The molecule has 156 valence electrons. The van der Waals surface area contributed by atoms with E-state index in [1.54, 1.807) is 18.3 Å². The standard InChI is InChI=1S/C18H19BrF2N3O3PS/c19-16-11-13(8-9-15(16)18(20,21)28(25,26)27)5-4-10-29-24-12-22-17(23-24)14-6-2-1-3-7-14/h1-3,6-9,11-12,17,23H,4-5,10H2,(H2,25,26,27). The van der Waals surface area contributed by atoms with Crippen LogP contribution >= 0.6 is 35.5 Å². The van der Waals surface area contributed by atoms with Crippen LogP contribution in [0.4, 0.5) is 8.78 Å². The van der Waals surface area contributed by atoms with Gasteiger partial charge in [-0.1, -0.05) is 58.4 Å². The molecule has 2 aromatic rings. The average Bonchev–Trinajstić information content (AvgIpc) is 3.14. The lowest BCUT2D eigenvalue weighted by Gasteiger charge is -2.19. The number of hydrogen-bond acceptors (Lipinski definition) is 5. The summed E-state index contributed by atoms with van der Waals surface area (Å²) < 4.78 is 40.6. The summed E-state index contributed by atoms with van der Waals surface area (Å²) in [6.45, 7) is 0. The van der Waals surface area contributed by atoms with Crippen molar-refractivity contribution < 1.29 is 23.1 Å². The summed E-state index contributed by atoms with van der Waals surface area (Å²) in [4.78, 5) is 22.2. The SMILES string of the molecule is O=P(O)(O)C(F)(F)c1ccc(CCCSN2C=NC(c3ccccc3)N2)cc1Br. The van der Waals surface area contributed by atoms with E-state index in [-0.39, 0.29) is 10.6 Å². The van der Waals surface area contributed by atoms with Crippen LogP contribution in [0.2, 0.25) is 0 Å². The predicted octanol–water partition coefficient (Wildman–Crippen LogP) is 4.80. The number of nitrogens with one attached hydrogen (secondary N) is 1. The number of halogens is 3. The molecule has 0 aromatic heterocycles. The van der Waals surface area contributed by atoms with E-state index in [1.807, 2.05) is 34.7 Å².